The molecule has 0 aliphatic carbocycles. The summed E-state index contributed by atoms with van der Waals surface area (Å²) in [7, 11) is -1.22. The van der Waals surface area contributed by atoms with Crippen LogP contribution in [0.15, 0.2) is 35.2 Å². The average molecular weight is 322 g/mol. The van der Waals surface area contributed by atoms with Crippen molar-refractivity contribution >= 4 is 28.1 Å². The van der Waals surface area contributed by atoms with Crippen LogP contribution in [0.5, 0.6) is 5.75 Å². The van der Waals surface area contributed by atoms with E-state index in [0.29, 0.717) is 28.0 Å². The van der Waals surface area contributed by atoms with Gasteiger partial charge in [-0.3, -0.25) is 4.21 Å². The zero-order valence-electron chi connectivity index (χ0n) is 11.7. The van der Waals surface area contributed by atoms with Gasteiger partial charge in [0.2, 0.25) is 0 Å². The Bertz CT molecular complexity index is 730. The standard InChI is InChI=1S/C16H16ClNO2S/c1-10-2-3-15(14(18)6-10)21(19)9-12-8-13(17)7-11-4-5-20-16(11)12/h2-3,6-8H,4-5,9,18H2,1H3. The third-order valence-electron chi connectivity index (χ3n) is 3.52. The summed E-state index contributed by atoms with van der Waals surface area (Å²) in [6.45, 7) is 2.61. The Morgan fingerprint density at radius 1 is 1.33 bits per heavy atom. The summed E-state index contributed by atoms with van der Waals surface area (Å²) < 4.78 is 18.2. The number of ether oxygens (including phenoxy) is 1. The quantitative estimate of drug-likeness (QED) is 0.881. The van der Waals surface area contributed by atoms with E-state index in [0.717, 1.165) is 28.9 Å². The Morgan fingerprint density at radius 2 is 2.14 bits per heavy atom. The smallest absolute Gasteiger partial charge is 0.126 e. The summed E-state index contributed by atoms with van der Waals surface area (Å²) >= 11 is 6.13. The minimum atomic E-state index is -1.22. The van der Waals surface area contributed by atoms with Crippen molar-refractivity contribution in [2.75, 3.05) is 12.3 Å². The van der Waals surface area contributed by atoms with E-state index in [1.165, 1.54) is 0 Å². The monoisotopic (exact) mass is 321 g/mol. The molecule has 0 saturated carbocycles. The molecule has 1 atom stereocenters. The van der Waals surface area contributed by atoms with Gasteiger partial charge in [0.05, 0.1) is 28.1 Å². The first-order valence-corrected chi connectivity index (χ1v) is 8.43. The van der Waals surface area contributed by atoms with Crippen molar-refractivity contribution in [1.82, 2.24) is 0 Å². The lowest BCUT2D eigenvalue weighted by molar-refractivity contribution is 0.354. The van der Waals surface area contributed by atoms with E-state index in [4.69, 9.17) is 22.1 Å². The molecule has 2 N–H and O–H groups in total. The van der Waals surface area contributed by atoms with Crippen LogP contribution in [0.1, 0.15) is 16.7 Å². The molecule has 3 nitrogen and oxygen atoms in total. The highest BCUT2D eigenvalue weighted by atomic mass is 35.5. The first kappa shape index (κ1) is 14.4. The summed E-state index contributed by atoms with van der Waals surface area (Å²) in [6, 6.07) is 9.32. The van der Waals surface area contributed by atoms with Crippen LogP contribution in [-0.2, 0) is 23.0 Å². The van der Waals surface area contributed by atoms with Gasteiger partial charge in [-0.15, -0.1) is 0 Å². The lowest BCUT2D eigenvalue weighted by Crippen LogP contribution is -2.02. The second kappa shape index (κ2) is 5.70. The fourth-order valence-corrected chi connectivity index (χ4v) is 4.00. The lowest BCUT2D eigenvalue weighted by Gasteiger charge is -2.10. The molecule has 110 valence electrons. The molecular weight excluding hydrogens is 306 g/mol. The molecule has 2 aromatic rings. The molecule has 0 saturated heterocycles. The molecule has 0 bridgehead atoms. The first-order chi connectivity index (χ1) is 10.0. The second-order valence-electron chi connectivity index (χ2n) is 5.18. The van der Waals surface area contributed by atoms with Crippen LogP contribution < -0.4 is 10.5 Å². The van der Waals surface area contributed by atoms with Crippen LogP contribution in [0.2, 0.25) is 5.02 Å². The Morgan fingerprint density at radius 3 is 2.90 bits per heavy atom. The summed E-state index contributed by atoms with van der Waals surface area (Å²) in [5.41, 5.74) is 9.56. The van der Waals surface area contributed by atoms with Crippen LogP contribution in [-0.4, -0.2) is 10.8 Å². The largest absolute Gasteiger partial charge is 0.493 e. The number of fused-ring (bicyclic) bond motifs is 1. The van der Waals surface area contributed by atoms with Crippen LogP contribution in [0.3, 0.4) is 0 Å². The highest BCUT2D eigenvalue weighted by molar-refractivity contribution is 7.84. The number of hydrogen-bond donors (Lipinski definition) is 1. The molecule has 0 aromatic heterocycles. The van der Waals surface area contributed by atoms with Crippen molar-refractivity contribution < 1.29 is 8.95 Å². The van der Waals surface area contributed by atoms with E-state index in [-0.39, 0.29) is 0 Å². The number of halogens is 1. The molecule has 5 heteroatoms. The molecule has 1 heterocycles. The van der Waals surface area contributed by atoms with E-state index >= 15 is 0 Å². The topological polar surface area (TPSA) is 52.3 Å². The predicted molar refractivity (Wildman–Crippen MR) is 86.4 cm³/mol. The highest BCUT2D eigenvalue weighted by Crippen LogP contribution is 2.34. The maximum absolute atomic E-state index is 12.6. The molecule has 2 aromatic carbocycles. The Labute approximate surface area is 131 Å². The van der Waals surface area contributed by atoms with Crippen molar-refractivity contribution in [3.8, 4) is 5.75 Å². The van der Waals surface area contributed by atoms with Gasteiger partial charge in [-0.1, -0.05) is 17.7 Å². The number of aryl methyl sites for hydroxylation is 1. The fourth-order valence-electron chi connectivity index (χ4n) is 2.55. The van der Waals surface area contributed by atoms with Gasteiger partial charge >= 0.3 is 0 Å². The van der Waals surface area contributed by atoms with Gasteiger partial charge in [0, 0.05) is 22.7 Å². The van der Waals surface area contributed by atoms with Gasteiger partial charge < -0.3 is 10.5 Å². The Hall–Kier alpha value is -1.52. The second-order valence-corrected chi connectivity index (χ2v) is 7.04. The van der Waals surface area contributed by atoms with Gasteiger partial charge in [-0.05, 0) is 42.3 Å². The minimum Gasteiger partial charge on any atom is -0.493 e. The van der Waals surface area contributed by atoms with Crippen molar-refractivity contribution in [2.24, 2.45) is 0 Å². The van der Waals surface area contributed by atoms with Crippen molar-refractivity contribution in [1.29, 1.82) is 0 Å². The van der Waals surface area contributed by atoms with E-state index in [1.807, 2.05) is 37.3 Å². The summed E-state index contributed by atoms with van der Waals surface area (Å²) in [5, 5.41) is 0.656. The molecule has 21 heavy (non-hydrogen) atoms. The molecule has 3 rings (SSSR count). The maximum Gasteiger partial charge on any atom is 0.126 e. The number of hydrogen-bond acceptors (Lipinski definition) is 3. The third kappa shape index (κ3) is 2.92. The lowest BCUT2D eigenvalue weighted by atomic mass is 10.1. The van der Waals surface area contributed by atoms with Crippen LogP contribution in [0.25, 0.3) is 0 Å². The molecule has 1 aliphatic heterocycles. The van der Waals surface area contributed by atoms with Gasteiger partial charge in [-0.2, -0.15) is 0 Å². The number of nitrogens with two attached hydrogens (primary N) is 1. The minimum absolute atomic E-state index is 0.357. The van der Waals surface area contributed by atoms with Gasteiger partial charge in [-0.25, -0.2) is 0 Å². The van der Waals surface area contributed by atoms with Gasteiger partial charge in [0.15, 0.2) is 0 Å². The number of anilines is 1. The normalized spacial score (nSPS) is 14.6. The predicted octanol–water partition coefficient (Wildman–Crippen LogP) is 3.47. The number of rotatable bonds is 3. The van der Waals surface area contributed by atoms with E-state index in [9.17, 15) is 4.21 Å². The molecular formula is C16H16ClNO2S. The maximum atomic E-state index is 12.6. The average Bonchev–Trinajstić information content (AvgIpc) is 2.86. The van der Waals surface area contributed by atoms with Gasteiger partial charge in [0.1, 0.15) is 5.75 Å². The Kier molecular flexibility index (Phi) is 3.91. The van der Waals surface area contributed by atoms with Crippen LogP contribution in [0, 0.1) is 6.92 Å². The van der Waals surface area contributed by atoms with Crippen molar-refractivity contribution in [2.45, 2.75) is 24.0 Å². The summed E-state index contributed by atoms with van der Waals surface area (Å²) in [5.74, 6) is 1.19. The summed E-state index contributed by atoms with van der Waals surface area (Å²) in [4.78, 5) is 0.660. The number of benzene rings is 2. The van der Waals surface area contributed by atoms with Gasteiger partial charge in [0.25, 0.3) is 0 Å². The van der Waals surface area contributed by atoms with Crippen molar-refractivity contribution in [3.05, 3.63) is 52.0 Å². The van der Waals surface area contributed by atoms with E-state index in [2.05, 4.69) is 0 Å². The highest BCUT2D eigenvalue weighted by Gasteiger charge is 2.20. The molecule has 1 aliphatic rings. The molecule has 0 amide bonds. The number of nitrogen functional groups attached to an aromatic ring is 1. The van der Waals surface area contributed by atoms with Crippen LogP contribution in [0.4, 0.5) is 5.69 Å². The van der Waals surface area contributed by atoms with Crippen LogP contribution >= 0.6 is 11.6 Å². The SMILES string of the molecule is Cc1ccc(S(=O)Cc2cc(Cl)cc3c2OCC3)c(N)c1. The fraction of sp³-hybridized carbons (Fsp3) is 0.250. The van der Waals surface area contributed by atoms with E-state index in [1.54, 1.807) is 0 Å². The third-order valence-corrected chi connectivity index (χ3v) is 5.18. The molecule has 0 fully saturated rings. The molecule has 0 spiro atoms. The van der Waals surface area contributed by atoms with E-state index < -0.39 is 10.8 Å². The zero-order chi connectivity index (χ0) is 15.0. The molecule has 0 radical (unpaired) electrons. The van der Waals surface area contributed by atoms with Crippen molar-refractivity contribution in [3.63, 3.8) is 0 Å². The zero-order valence-corrected chi connectivity index (χ0v) is 13.3. The Balaban J connectivity index is 1.92. The summed E-state index contributed by atoms with van der Waals surface area (Å²) in [6.07, 6.45) is 0.849. The molecule has 1 unspecified atom stereocenters. The first-order valence-electron chi connectivity index (χ1n) is 6.73.